The van der Waals surface area contributed by atoms with Crippen LogP contribution in [0.1, 0.15) is 23.9 Å². The minimum atomic E-state index is -0.888. The predicted octanol–water partition coefficient (Wildman–Crippen LogP) is 1.17. The van der Waals surface area contributed by atoms with Gasteiger partial charge in [-0.1, -0.05) is 12.1 Å². The zero-order valence-electron chi connectivity index (χ0n) is 7.13. The minimum absolute atomic E-state index is 0.0794. The van der Waals surface area contributed by atoms with Crippen molar-refractivity contribution in [1.82, 2.24) is 5.16 Å². The first-order valence-electron chi connectivity index (χ1n) is 3.81. The molecule has 0 unspecified atom stereocenters. The second-order valence-corrected chi connectivity index (χ2v) is 2.59. The van der Waals surface area contributed by atoms with Crippen LogP contribution in [0.15, 0.2) is 4.52 Å². The van der Waals surface area contributed by atoms with Gasteiger partial charge in [-0.15, -0.1) is 0 Å². The lowest BCUT2D eigenvalue weighted by Crippen LogP contribution is -2.01. The Morgan fingerprint density at radius 2 is 2.33 bits per heavy atom. The summed E-state index contributed by atoms with van der Waals surface area (Å²) in [6, 6.07) is 0. The van der Waals surface area contributed by atoms with Crippen LogP contribution in [0.2, 0.25) is 0 Å². The molecule has 12 heavy (non-hydrogen) atoms. The summed E-state index contributed by atoms with van der Waals surface area (Å²) in [6.07, 6.45) is 0.682. The molecule has 0 saturated carbocycles. The lowest BCUT2D eigenvalue weighted by molar-refractivity contribution is -0.136. The third kappa shape index (κ3) is 1.64. The number of aromatic nitrogens is 1. The zero-order valence-corrected chi connectivity index (χ0v) is 7.13. The van der Waals surface area contributed by atoms with Crippen molar-refractivity contribution in [2.75, 3.05) is 0 Å². The topological polar surface area (TPSA) is 63.3 Å². The maximum absolute atomic E-state index is 10.4. The highest BCUT2D eigenvalue weighted by molar-refractivity contribution is 5.69. The van der Waals surface area contributed by atoms with Crippen LogP contribution in [0.3, 0.4) is 0 Å². The first kappa shape index (κ1) is 8.77. The number of hydrogen-bond acceptors (Lipinski definition) is 3. The number of nitrogens with zero attached hydrogens (tertiary/aromatic N) is 1. The molecule has 0 amide bonds. The molecule has 1 aromatic heterocycles. The fourth-order valence-electron chi connectivity index (χ4n) is 1.16. The maximum atomic E-state index is 10.4. The Bertz CT molecular complexity index is 290. The van der Waals surface area contributed by atoms with Gasteiger partial charge in [-0.25, -0.2) is 0 Å². The molecule has 0 aliphatic heterocycles. The molecule has 0 aromatic carbocycles. The van der Waals surface area contributed by atoms with Gasteiger partial charge in [0, 0.05) is 5.56 Å². The second-order valence-electron chi connectivity index (χ2n) is 2.59. The summed E-state index contributed by atoms with van der Waals surface area (Å²) in [5, 5.41) is 12.2. The molecule has 0 aliphatic rings. The van der Waals surface area contributed by atoms with Crippen molar-refractivity contribution in [3.8, 4) is 0 Å². The molecule has 1 rings (SSSR count). The quantitative estimate of drug-likeness (QED) is 0.737. The van der Waals surface area contributed by atoms with E-state index in [0.717, 1.165) is 17.7 Å². The first-order valence-corrected chi connectivity index (χ1v) is 3.81. The van der Waals surface area contributed by atoms with E-state index in [1.165, 1.54) is 0 Å². The van der Waals surface area contributed by atoms with Crippen LogP contribution in [-0.4, -0.2) is 16.2 Å². The van der Waals surface area contributed by atoms with Gasteiger partial charge < -0.3 is 9.63 Å². The summed E-state index contributed by atoms with van der Waals surface area (Å²) in [6.45, 7) is 3.76. The fraction of sp³-hybridized carbons (Fsp3) is 0.500. The second kappa shape index (κ2) is 3.38. The van der Waals surface area contributed by atoms with E-state index >= 15 is 0 Å². The molecule has 1 heterocycles. The fourth-order valence-corrected chi connectivity index (χ4v) is 1.16. The molecule has 0 spiro atoms. The van der Waals surface area contributed by atoms with Crippen molar-refractivity contribution in [1.29, 1.82) is 0 Å². The van der Waals surface area contributed by atoms with Gasteiger partial charge in [0.25, 0.3) is 0 Å². The summed E-state index contributed by atoms with van der Waals surface area (Å²) in [5.74, 6) is -0.414. The van der Waals surface area contributed by atoms with Crippen molar-refractivity contribution >= 4 is 5.97 Å². The van der Waals surface area contributed by atoms with Gasteiger partial charge in [0.05, 0.1) is 5.69 Å². The van der Waals surface area contributed by atoms with Gasteiger partial charge in [0.2, 0.25) is 0 Å². The molecule has 4 heteroatoms. The summed E-state index contributed by atoms with van der Waals surface area (Å²) < 4.78 is 4.87. The summed E-state index contributed by atoms with van der Waals surface area (Å²) >= 11 is 0. The summed E-state index contributed by atoms with van der Waals surface area (Å²) in [7, 11) is 0. The van der Waals surface area contributed by atoms with Crippen molar-refractivity contribution in [2.24, 2.45) is 0 Å². The van der Waals surface area contributed by atoms with E-state index in [4.69, 9.17) is 9.63 Å². The third-order valence-corrected chi connectivity index (χ3v) is 1.73. The van der Waals surface area contributed by atoms with Gasteiger partial charge in [-0.3, -0.25) is 4.79 Å². The van der Waals surface area contributed by atoms with Crippen molar-refractivity contribution < 1.29 is 14.4 Å². The number of carboxylic acids is 1. The van der Waals surface area contributed by atoms with Crippen LogP contribution in [0.4, 0.5) is 0 Å². The normalized spacial score (nSPS) is 10.2. The van der Waals surface area contributed by atoms with Crippen molar-refractivity contribution in [2.45, 2.75) is 26.7 Å². The Labute approximate surface area is 70.2 Å². The highest BCUT2D eigenvalue weighted by Gasteiger charge is 2.13. The molecular formula is C8H11NO3. The van der Waals surface area contributed by atoms with Gasteiger partial charge >= 0.3 is 5.97 Å². The van der Waals surface area contributed by atoms with Crippen LogP contribution < -0.4 is 0 Å². The van der Waals surface area contributed by atoms with E-state index in [-0.39, 0.29) is 6.42 Å². The van der Waals surface area contributed by atoms with Crippen LogP contribution >= 0.6 is 0 Å². The van der Waals surface area contributed by atoms with E-state index in [1.807, 2.05) is 13.8 Å². The Balaban J connectivity index is 2.91. The lowest BCUT2D eigenvalue weighted by Gasteiger charge is -1.93. The van der Waals surface area contributed by atoms with E-state index in [9.17, 15) is 4.79 Å². The van der Waals surface area contributed by atoms with Gasteiger partial charge in [0.1, 0.15) is 6.42 Å². The Kier molecular flexibility index (Phi) is 2.47. The lowest BCUT2D eigenvalue weighted by atomic mass is 10.1. The number of carbonyl (C=O) groups is 1. The summed E-state index contributed by atoms with van der Waals surface area (Å²) in [4.78, 5) is 10.4. The first-order chi connectivity index (χ1) is 5.65. The SMILES string of the molecule is CCc1c(C)noc1CC(=O)O. The molecule has 0 atom stereocenters. The molecule has 4 nitrogen and oxygen atoms in total. The number of carboxylic acid groups (broad SMARTS) is 1. The molecular weight excluding hydrogens is 158 g/mol. The highest BCUT2D eigenvalue weighted by atomic mass is 16.5. The monoisotopic (exact) mass is 169 g/mol. The Morgan fingerprint density at radius 1 is 1.67 bits per heavy atom. The molecule has 0 fully saturated rings. The third-order valence-electron chi connectivity index (χ3n) is 1.73. The average molecular weight is 169 g/mol. The highest BCUT2D eigenvalue weighted by Crippen LogP contribution is 2.14. The van der Waals surface area contributed by atoms with Gasteiger partial charge in [0.15, 0.2) is 5.76 Å². The van der Waals surface area contributed by atoms with Crippen molar-refractivity contribution in [3.05, 3.63) is 17.0 Å². The van der Waals surface area contributed by atoms with Crippen LogP contribution in [0.25, 0.3) is 0 Å². The Hall–Kier alpha value is -1.32. The van der Waals surface area contributed by atoms with Crippen LogP contribution in [0, 0.1) is 6.92 Å². The maximum Gasteiger partial charge on any atom is 0.311 e. The standard InChI is InChI=1S/C8H11NO3/c1-3-6-5(2)9-12-7(6)4-8(10)11/h3-4H2,1-2H3,(H,10,11). The number of hydrogen-bond donors (Lipinski definition) is 1. The van der Waals surface area contributed by atoms with Gasteiger partial charge in [-0.2, -0.15) is 0 Å². The molecule has 0 radical (unpaired) electrons. The number of rotatable bonds is 3. The zero-order chi connectivity index (χ0) is 9.14. The summed E-state index contributed by atoms with van der Waals surface area (Å²) in [5.41, 5.74) is 1.70. The van der Waals surface area contributed by atoms with E-state index in [1.54, 1.807) is 0 Å². The molecule has 66 valence electrons. The molecule has 0 saturated heterocycles. The van der Waals surface area contributed by atoms with Crippen LogP contribution in [0.5, 0.6) is 0 Å². The minimum Gasteiger partial charge on any atom is -0.481 e. The molecule has 0 bridgehead atoms. The predicted molar refractivity (Wildman–Crippen MR) is 42.0 cm³/mol. The number of aliphatic carboxylic acids is 1. The smallest absolute Gasteiger partial charge is 0.311 e. The van der Waals surface area contributed by atoms with Crippen LogP contribution in [-0.2, 0) is 17.6 Å². The number of aryl methyl sites for hydroxylation is 1. The van der Waals surface area contributed by atoms with E-state index in [2.05, 4.69) is 5.16 Å². The largest absolute Gasteiger partial charge is 0.481 e. The van der Waals surface area contributed by atoms with E-state index in [0.29, 0.717) is 5.76 Å². The van der Waals surface area contributed by atoms with E-state index < -0.39 is 5.97 Å². The van der Waals surface area contributed by atoms with Gasteiger partial charge in [-0.05, 0) is 13.3 Å². The average Bonchev–Trinajstić information content (AvgIpc) is 2.30. The molecule has 1 aromatic rings. The molecule has 0 aliphatic carbocycles. The molecule has 1 N–H and O–H groups in total. The Morgan fingerprint density at radius 3 is 2.83 bits per heavy atom. The van der Waals surface area contributed by atoms with Crippen molar-refractivity contribution in [3.63, 3.8) is 0 Å².